The molecule has 0 aliphatic heterocycles. The third kappa shape index (κ3) is 2.91. The van der Waals surface area contributed by atoms with E-state index in [9.17, 15) is 13.6 Å². The highest BCUT2D eigenvalue weighted by molar-refractivity contribution is 5.92. The lowest BCUT2D eigenvalue weighted by Gasteiger charge is -2.18. The Balaban J connectivity index is 1.69. The van der Waals surface area contributed by atoms with Gasteiger partial charge in [0.1, 0.15) is 11.5 Å². The van der Waals surface area contributed by atoms with Gasteiger partial charge in [-0.05, 0) is 25.7 Å². The van der Waals surface area contributed by atoms with Crippen LogP contribution in [0.25, 0.3) is 11.0 Å². The number of imidazole rings is 1. The molecule has 2 heterocycles. The lowest BCUT2D eigenvalue weighted by molar-refractivity contribution is 0.0923. The van der Waals surface area contributed by atoms with Crippen LogP contribution in [0.1, 0.15) is 40.9 Å². The van der Waals surface area contributed by atoms with Crippen molar-refractivity contribution in [2.75, 3.05) is 0 Å². The molecule has 8 heteroatoms. The maximum Gasteiger partial charge on any atom is 0.272 e. The lowest BCUT2D eigenvalue weighted by atomic mass is 10.1. The van der Waals surface area contributed by atoms with Crippen molar-refractivity contribution < 1.29 is 13.6 Å². The first-order valence-electron chi connectivity index (χ1n) is 8.35. The Kier molecular flexibility index (Phi) is 3.90. The van der Waals surface area contributed by atoms with E-state index in [1.54, 1.807) is 18.5 Å². The van der Waals surface area contributed by atoms with Gasteiger partial charge in [-0.25, -0.2) is 18.7 Å². The number of benzene rings is 1. The maximum atomic E-state index is 13.6. The predicted molar refractivity (Wildman–Crippen MR) is 90.3 cm³/mol. The van der Waals surface area contributed by atoms with Gasteiger partial charge >= 0.3 is 0 Å². The molecular formula is C18H17F2N5O. The van der Waals surface area contributed by atoms with Crippen LogP contribution >= 0.6 is 0 Å². The van der Waals surface area contributed by atoms with Crippen LogP contribution in [-0.4, -0.2) is 25.4 Å². The van der Waals surface area contributed by atoms with Gasteiger partial charge in [0.05, 0.1) is 29.0 Å². The number of fused-ring (bicyclic) bond motifs is 1. The predicted octanol–water partition coefficient (Wildman–Crippen LogP) is 2.83. The summed E-state index contributed by atoms with van der Waals surface area (Å²) in [7, 11) is 1.73. The van der Waals surface area contributed by atoms with E-state index < -0.39 is 11.6 Å². The number of carbonyl (C=O) groups excluding carboxylic acids is 1. The lowest BCUT2D eigenvalue weighted by Crippen LogP contribution is -2.32. The summed E-state index contributed by atoms with van der Waals surface area (Å²) in [5.74, 6) is -1.40. The summed E-state index contributed by atoms with van der Waals surface area (Å²) in [5, 5.41) is 2.95. The molecule has 1 saturated carbocycles. The number of nitrogens with zero attached hydrogens (tertiary/aromatic N) is 4. The third-order valence-electron chi connectivity index (χ3n) is 4.63. The van der Waals surface area contributed by atoms with E-state index in [1.807, 2.05) is 0 Å². The van der Waals surface area contributed by atoms with Crippen molar-refractivity contribution in [2.45, 2.75) is 25.8 Å². The summed E-state index contributed by atoms with van der Waals surface area (Å²) in [5.41, 5.74) is 1.78. The van der Waals surface area contributed by atoms with Gasteiger partial charge in [0.15, 0.2) is 11.6 Å². The number of rotatable bonds is 4. The third-order valence-corrected chi connectivity index (χ3v) is 4.63. The number of hydrogen-bond donors (Lipinski definition) is 1. The molecule has 1 amide bonds. The average molecular weight is 357 g/mol. The summed E-state index contributed by atoms with van der Waals surface area (Å²) >= 11 is 0. The molecule has 1 atom stereocenters. The quantitative estimate of drug-likeness (QED) is 0.779. The molecule has 1 N–H and O–H groups in total. The molecule has 0 bridgehead atoms. The largest absolute Gasteiger partial charge is 0.340 e. The van der Waals surface area contributed by atoms with Gasteiger partial charge in [0, 0.05) is 25.4 Å². The van der Waals surface area contributed by atoms with Crippen LogP contribution in [0.5, 0.6) is 0 Å². The van der Waals surface area contributed by atoms with Crippen LogP contribution < -0.4 is 5.32 Å². The fraction of sp³-hybridized carbons (Fsp3) is 0.333. The molecule has 0 unspecified atom stereocenters. The van der Waals surface area contributed by atoms with Crippen molar-refractivity contribution in [1.29, 1.82) is 0 Å². The Morgan fingerprint density at radius 2 is 1.96 bits per heavy atom. The summed E-state index contributed by atoms with van der Waals surface area (Å²) in [6.45, 7) is 1.79. The van der Waals surface area contributed by atoms with Crippen molar-refractivity contribution in [2.24, 2.45) is 13.0 Å². The van der Waals surface area contributed by atoms with Crippen LogP contribution in [0.2, 0.25) is 0 Å². The number of carbonyl (C=O) groups is 1. The highest BCUT2D eigenvalue weighted by atomic mass is 19.2. The summed E-state index contributed by atoms with van der Waals surface area (Å²) < 4.78 is 28.8. The van der Waals surface area contributed by atoms with E-state index in [-0.39, 0.29) is 23.6 Å². The molecule has 6 nitrogen and oxygen atoms in total. The minimum atomic E-state index is -0.941. The zero-order chi connectivity index (χ0) is 18.4. The van der Waals surface area contributed by atoms with E-state index in [2.05, 4.69) is 20.3 Å². The van der Waals surface area contributed by atoms with E-state index in [4.69, 9.17) is 0 Å². The summed E-state index contributed by atoms with van der Waals surface area (Å²) in [4.78, 5) is 25.2. The van der Waals surface area contributed by atoms with Gasteiger partial charge < -0.3 is 9.88 Å². The molecule has 1 aliphatic carbocycles. The number of amides is 1. The fourth-order valence-electron chi connectivity index (χ4n) is 3.03. The first-order chi connectivity index (χ1) is 12.4. The highest BCUT2D eigenvalue weighted by Gasteiger charge is 2.36. The van der Waals surface area contributed by atoms with E-state index in [0.717, 1.165) is 30.7 Å². The summed E-state index contributed by atoms with van der Waals surface area (Å²) in [6, 6.07) is 1.85. The van der Waals surface area contributed by atoms with Crippen molar-refractivity contribution >= 4 is 16.9 Å². The Morgan fingerprint density at radius 1 is 1.23 bits per heavy atom. The second-order valence-electron chi connectivity index (χ2n) is 6.62. The Morgan fingerprint density at radius 3 is 2.62 bits per heavy atom. The van der Waals surface area contributed by atoms with Crippen molar-refractivity contribution in [3.63, 3.8) is 0 Å². The minimum absolute atomic E-state index is 0.220. The zero-order valence-corrected chi connectivity index (χ0v) is 14.3. The van der Waals surface area contributed by atoms with E-state index in [0.29, 0.717) is 16.9 Å². The number of hydrogen-bond acceptors (Lipinski definition) is 4. The molecular weight excluding hydrogens is 340 g/mol. The van der Waals surface area contributed by atoms with Crippen LogP contribution in [0.3, 0.4) is 0 Å². The molecule has 1 aromatic carbocycles. The van der Waals surface area contributed by atoms with Gasteiger partial charge in [-0.1, -0.05) is 0 Å². The maximum absolute atomic E-state index is 13.6. The first kappa shape index (κ1) is 16.6. The average Bonchev–Trinajstić information content (AvgIpc) is 3.41. The molecule has 0 saturated heterocycles. The Bertz CT molecular complexity index is 995. The molecule has 0 radical (unpaired) electrons. The van der Waals surface area contributed by atoms with E-state index in [1.165, 1.54) is 12.4 Å². The number of nitrogens with one attached hydrogen (secondary N) is 1. The van der Waals surface area contributed by atoms with Crippen LogP contribution in [0, 0.1) is 24.5 Å². The van der Waals surface area contributed by atoms with Crippen molar-refractivity contribution in [1.82, 2.24) is 24.8 Å². The van der Waals surface area contributed by atoms with Crippen LogP contribution in [0.4, 0.5) is 8.78 Å². The zero-order valence-electron chi connectivity index (χ0n) is 14.3. The molecule has 134 valence electrons. The normalized spacial score (nSPS) is 15.2. The molecule has 2 aromatic heterocycles. The molecule has 26 heavy (non-hydrogen) atoms. The Hall–Kier alpha value is -2.90. The van der Waals surface area contributed by atoms with Crippen molar-refractivity contribution in [3.05, 3.63) is 53.4 Å². The smallest absolute Gasteiger partial charge is 0.272 e. The van der Waals surface area contributed by atoms with Gasteiger partial charge in [0.2, 0.25) is 0 Å². The number of aryl methyl sites for hydroxylation is 2. The number of halogens is 2. The van der Waals surface area contributed by atoms with Crippen molar-refractivity contribution in [3.8, 4) is 0 Å². The standard InChI is InChI=1S/C18H17F2N5O/c1-9-7-22-14(8-21-9)18(26)24-16(10-3-4-10)17-23-13-5-11(19)12(20)6-15(13)25(17)2/h5-8,10,16H,3-4H2,1-2H3,(H,24,26)/t16-/m0/s1. The van der Waals surface area contributed by atoms with Crippen LogP contribution in [-0.2, 0) is 7.05 Å². The first-order valence-corrected chi connectivity index (χ1v) is 8.35. The van der Waals surface area contributed by atoms with E-state index >= 15 is 0 Å². The molecule has 0 spiro atoms. The summed E-state index contributed by atoms with van der Waals surface area (Å²) in [6.07, 6.45) is 4.86. The monoisotopic (exact) mass is 357 g/mol. The van der Waals surface area contributed by atoms with Gasteiger partial charge in [-0.2, -0.15) is 0 Å². The van der Waals surface area contributed by atoms with Crippen LogP contribution in [0.15, 0.2) is 24.5 Å². The molecule has 3 aromatic rings. The van der Waals surface area contributed by atoms with Gasteiger partial charge in [-0.3, -0.25) is 9.78 Å². The van der Waals surface area contributed by atoms with Gasteiger partial charge in [-0.15, -0.1) is 0 Å². The fourth-order valence-corrected chi connectivity index (χ4v) is 3.03. The van der Waals surface area contributed by atoms with Gasteiger partial charge in [0.25, 0.3) is 5.91 Å². The second kappa shape index (κ2) is 6.12. The number of aromatic nitrogens is 4. The molecule has 4 rings (SSSR count). The minimum Gasteiger partial charge on any atom is -0.340 e. The molecule has 1 aliphatic rings. The Labute approximate surface area is 148 Å². The molecule has 1 fully saturated rings. The highest BCUT2D eigenvalue weighted by Crippen LogP contribution is 2.41. The topological polar surface area (TPSA) is 72.7 Å². The SMILES string of the molecule is Cc1cnc(C(=O)N[C@H](c2nc3cc(F)c(F)cc3n2C)C2CC2)cn1. The second-order valence-corrected chi connectivity index (χ2v) is 6.62.